The topological polar surface area (TPSA) is 16.4 Å². The van der Waals surface area contributed by atoms with E-state index < -0.39 is 0 Å². The van der Waals surface area contributed by atoms with Crippen molar-refractivity contribution in [2.45, 2.75) is 19.3 Å². The molecule has 0 saturated heterocycles. The Morgan fingerprint density at radius 2 is 1.22 bits per heavy atom. The molecule has 9 rings (SSSR count). The van der Waals surface area contributed by atoms with Gasteiger partial charge in [0.2, 0.25) is 0 Å². The standard InChI is InChI=1S/C43H31NO/c1-43(2)36-21-10-9-18-33(36)34-25-24-31(27-37(34)43)44(30-16-7-4-8-17-30)38-22-12-20-35-41-39(45-42(35)38)26-23-29-15-11-19-32(40(29)41)28-13-5-3-6-14-28/h3-27H,1-2H3. The van der Waals surface area contributed by atoms with Crippen LogP contribution in [0, 0.1) is 0 Å². The molecule has 0 spiro atoms. The molecule has 214 valence electrons. The number of hydrogen-bond acceptors (Lipinski definition) is 2. The van der Waals surface area contributed by atoms with Gasteiger partial charge in [-0.3, -0.25) is 0 Å². The molecule has 1 heterocycles. The van der Waals surface area contributed by atoms with E-state index in [1.807, 2.05) is 0 Å². The van der Waals surface area contributed by atoms with Crippen LogP contribution in [-0.2, 0) is 5.41 Å². The number of para-hydroxylation sites is 2. The number of fused-ring (bicyclic) bond motifs is 8. The zero-order chi connectivity index (χ0) is 30.1. The fourth-order valence-corrected chi connectivity index (χ4v) is 7.52. The first-order chi connectivity index (χ1) is 22.1. The Bertz CT molecular complexity index is 2400. The minimum Gasteiger partial charge on any atom is -0.454 e. The Kier molecular flexibility index (Phi) is 5.58. The maximum Gasteiger partial charge on any atom is 0.159 e. The highest BCUT2D eigenvalue weighted by Crippen LogP contribution is 2.51. The Labute approximate surface area is 262 Å². The van der Waals surface area contributed by atoms with Crippen molar-refractivity contribution in [1.29, 1.82) is 0 Å². The van der Waals surface area contributed by atoms with Crippen LogP contribution in [0.5, 0.6) is 0 Å². The quantitative estimate of drug-likeness (QED) is 0.207. The lowest BCUT2D eigenvalue weighted by Crippen LogP contribution is -2.16. The number of rotatable bonds is 4. The van der Waals surface area contributed by atoms with Crippen LogP contribution in [0.4, 0.5) is 17.1 Å². The lowest BCUT2D eigenvalue weighted by molar-refractivity contribution is 0.660. The van der Waals surface area contributed by atoms with Gasteiger partial charge in [0.15, 0.2) is 5.58 Å². The third kappa shape index (κ3) is 3.82. The van der Waals surface area contributed by atoms with Crippen molar-refractivity contribution in [2.24, 2.45) is 0 Å². The van der Waals surface area contributed by atoms with Gasteiger partial charge in [-0.15, -0.1) is 0 Å². The van der Waals surface area contributed by atoms with Gasteiger partial charge in [0.05, 0.1) is 5.69 Å². The van der Waals surface area contributed by atoms with Crippen molar-refractivity contribution in [1.82, 2.24) is 0 Å². The van der Waals surface area contributed by atoms with E-state index in [-0.39, 0.29) is 5.41 Å². The van der Waals surface area contributed by atoms with E-state index in [0.717, 1.165) is 39.0 Å². The van der Waals surface area contributed by atoms with E-state index in [2.05, 4.69) is 170 Å². The first-order valence-corrected chi connectivity index (χ1v) is 15.6. The van der Waals surface area contributed by atoms with Crippen LogP contribution in [0.25, 0.3) is 55.0 Å². The van der Waals surface area contributed by atoms with Gasteiger partial charge in [0, 0.05) is 32.9 Å². The maximum atomic E-state index is 6.85. The fraction of sp³-hybridized carbons (Fsp3) is 0.0698. The largest absolute Gasteiger partial charge is 0.454 e. The molecular weight excluding hydrogens is 546 g/mol. The maximum absolute atomic E-state index is 6.85. The van der Waals surface area contributed by atoms with E-state index in [1.54, 1.807) is 0 Å². The molecule has 0 N–H and O–H groups in total. The van der Waals surface area contributed by atoms with Crippen LogP contribution in [0.15, 0.2) is 156 Å². The van der Waals surface area contributed by atoms with Gasteiger partial charge in [0.25, 0.3) is 0 Å². The summed E-state index contributed by atoms with van der Waals surface area (Å²) in [7, 11) is 0. The Balaban J connectivity index is 1.31. The van der Waals surface area contributed by atoms with E-state index in [0.29, 0.717) is 0 Å². The minimum absolute atomic E-state index is 0.0948. The monoisotopic (exact) mass is 577 g/mol. The van der Waals surface area contributed by atoms with E-state index in [9.17, 15) is 0 Å². The lowest BCUT2D eigenvalue weighted by Gasteiger charge is -2.28. The van der Waals surface area contributed by atoms with Crippen LogP contribution >= 0.6 is 0 Å². The molecule has 1 aromatic heterocycles. The Hall–Kier alpha value is -5.60. The zero-order valence-corrected chi connectivity index (χ0v) is 25.3. The van der Waals surface area contributed by atoms with Crippen LogP contribution in [-0.4, -0.2) is 0 Å². The second-order valence-electron chi connectivity index (χ2n) is 12.5. The van der Waals surface area contributed by atoms with Crippen molar-refractivity contribution in [3.05, 3.63) is 163 Å². The average Bonchev–Trinajstić information content (AvgIpc) is 3.59. The first kappa shape index (κ1) is 25.9. The van der Waals surface area contributed by atoms with Crippen molar-refractivity contribution in [3.8, 4) is 22.3 Å². The lowest BCUT2D eigenvalue weighted by atomic mass is 9.82. The SMILES string of the molecule is CC1(C)c2ccccc2-c2ccc(N(c3ccccc3)c3cccc4c3oc3ccc5cccc(-c6ccccc6)c5c34)cc21. The molecule has 1 aliphatic rings. The molecule has 0 unspecified atom stereocenters. The molecule has 0 fully saturated rings. The third-order valence-corrected chi connectivity index (χ3v) is 9.65. The molecular formula is C43H31NO. The summed E-state index contributed by atoms with van der Waals surface area (Å²) in [5.74, 6) is 0. The summed E-state index contributed by atoms with van der Waals surface area (Å²) in [5.41, 5.74) is 12.7. The molecule has 0 amide bonds. The molecule has 1 aliphatic carbocycles. The average molecular weight is 578 g/mol. The van der Waals surface area contributed by atoms with Gasteiger partial charge in [-0.05, 0) is 75.2 Å². The van der Waals surface area contributed by atoms with E-state index in [1.165, 1.54) is 44.2 Å². The predicted molar refractivity (Wildman–Crippen MR) is 189 cm³/mol. The van der Waals surface area contributed by atoms with Gasteiger partial charge in [0.1, 0.15) is 5.58 Å². The summed E-state index contributed by atoms with van der Waals surface area (Å²) >= 11 is 0. The Morgan fingerprint density at radius 3 is 2.07 bits per heavy atom. The summed E-state index contributed by atoms with van der Waals surface area (Å²) in [4.78, 5) is 2.35. The highest BCUT2D eigenvalue weighted by molar-refractivity contribution is 6.24. The number of hydrogen-bond donors (Lipinski definition) is 0. The number of benzene rings is 7. The molecule has 0 aliphatic heterocycles. The van der Waals surface area contributed by atoms with E-state index >= 15 is 0 Å². The van der Waals surface area contributed by atoms with Crippen molar-refractivity contribution in [3.63, 3.8) is 0 Å². The van der Waals surface area contributed by atoms with Crippen molar-refractivity contribution >= 4 is 49.8 Å². The van der Waals surface area contributed by atoms with Gasteiger partial charge in [-0.25, -0.2) is 0 Å². The van der Waals surface area contributed by atoms with Gasteiger partial charge in [-0.1, -0.05) is 129 Å². The molecule has 0 bridgehead atoms. The molecule has 8 aromatic rings. The predicted octanol–water partition coefficient (Wildman–Crippen LogP) is 12.2. The summed E-state index contributed by atoms with van der Waals surface area (Å²) in [6.07, 6.45) is 0. The molecule has 0 radical (unpaired) electrons. The number of furan rings is 1. The summed E-state index contributed by atoms with van der Waals surface area (Å²) in [6, 6.07) is 54.5. The second-order valence-corrected chi connectivity index (χ2v) is 12.5. The van der Waals surface area contributed by atoms with Crippen LogP contribution in [0.2, 0.25) is 0 Å². The summed E-state index contributed by atoms with van der Waals surface area (Å²) in [6.45, 7) is 4.67. The van der Waals surface area contributed by atoms with Crippen LogP contribution in [0.1, 0.15) is 25.0 Å². The zero-order valence-electron chi connectivity index (χ0n) is 25.3. The minimum atomic E-state index is -0.0948. The normalized spacial score (nSPS) is 13.3. The Morgan fingerprint density at radius 1 is 0.511 bits per heavy atom. The van der Waals surface area contributed by atoms with Gasteiger partial charge < -0.3 is 9.32 Å². The van der Waals surface area contributed by atoms with Gasteiger partial charge >= 0.3 is 0 Å². The molecule has 0 atom stereocenters. The van der Waals surface area contributed by atoms with Crippen molar-refractivity contribution in [2.75, 3.05) is 4.90 Å². The summed E-state index contributed by atoms with van der Waals surface area (Å²) in [5, 5.41) is 4.70. The smallest absolute Gasteiger partial charge is 0.159 e. The number of anilines is 3. The molecule has 2 heteroatoms. The first-order valence-electron chi connectivity index (χ1n) is 15.6. The van der Waals surface area contributed by atoms with Crippen LogP contribution in [0.3, 0.4) is 0 Å². The van der Waals surface area contributed by atoms with E-state index in [4.69, 9.17) is 4.42 Å². The highest BCUT2D eigenvalue weighted by atomic mass is 16.3. The highest BCUT2D eigenvalue weighted by Gasteiger charge is 2.36. The molecule has 45 heavy (non-hydrogen) atoms. The van der Waals surface area contributed by atoms with Gasteiger partial charge in [-0.2, -0.15) is 0 Å². The molecule has 0 saturated carbocycles. The third-order valence-electron chi connectivity index (χ3n) is 9.65. The second kappa shape index (κ2) is 9.70. The van der Waals surface area contributed by atoms with Crippen LogP contribution < -0.4 is 4.90 Å². The summed E-state index contributed by atoms with van der Waals surface area (Å²) < 4.78 is 6.85. The number of nitrogens with zero attached hydrogens (tertiary/aromatic N) is 1. The molecule has 2 nitrogen and oxygen atoms in total. The molecule has 7 aromatic carbocycles. The fourth-order valence-electron chi connectivity index (χ4n) is 7.52. The van der Waals surface area contributed by atoms with Crippen molar-refractivity contribution < 1.29 is 4.42 Å².